The van der Waals surface area contributed by atoms with Crippen molar-refractivity contribution in [1.82, 2.24) is 0 Å². The predicted octanol–water partition coefficient (Wildman–Crippen LogP) is 4.90. The SMILES string of the molecule is CS(=O)(=O)N(CC(=O)Nc1cccc(C(F)(F)F)c1)c1ccccc1Oc1ccccc1. The maximum Gasteiger partial charge on any atom is 0.416 e. The number of carbonyl (C=O) groups excluding carboxylic acids is 1. The summed E-state index contributed by atoms with van der Waals surface area (Å²) < 4.78 is 70.2. The van der Waals surface area contributed by atoms with Gasteiger partial charge in [0, 0.05) is 5.69 Å². The maximum atomic E-state index is 12.9. The van der Waals surface area contributed by atoms with E-state index in [1.807, 2.05) is 0 Å². The Bertz CT molecular complexity index is 1200. The molecule has 0 radical (unpaired) electrons. The minimum atomic E-state index is -4.58. The molecule has 0 bridgehead atoms. The monoisotopic (exact) mass is 464 g/mol. The molecule has 10 heteroatoms. The summed E-state index contributed by atoms with van der Waals surface area (Å²) in [6.45, 7) is -0.662. The molecule has 0 spiro atoms. The number of anilines is 2. The van der Waals surface area contributed by atoms with Gasteiger partial charge >= 0.3 is 6.18 Å². The van der Waals surface area contributed by atoms with Crippen LogP contribution >= 0.6 is 0 Å². The Morgan fingerprint density at radius 2 is 1.62 bits per heavy atom. The third-order valence-electron chi connectivity index (χ3n) is 4.27. The average Bonchev–Trinajstić information content (AvgIpc) is 2.72. The second-order valence-electron chi connectivity index (χ2n) is 6.78. The van der Waals surface area contributed by atoms with Gasteiger partial charge in [-0.15, -0.1) is 0 Å². The molecule has 0 fully saturated rings. The van der Waals surface area contributed by atoms with E-state index in [9.17, 15) is 26.4 Å². The van der Waals surface area contributed by atoms with E-state index < -0.39 is 34.2 Å². The van der Waals surface area contributed by atoms with Crippen molar-refractivity contribution in [3.8, 4) is 11.5 Å². The summed E-state index contributed by atoms with van der Waals surface area (Å²) in [5, 5.41) is 2.31. The number of hydrogen-bond acceptors (Lipinski definition) is 4. The van der Waals surface area contributed by atoms with Crippen molar-refractivity contribution in [3.05, 3.63) is 84.4 Å². The van der Waals surface area contributed by atoms with Crippen LogP contribution in [0.1, 0.15) is 5.56 Å². The van der Waals surface area contributed by atoms with Gasteiger partial charge in [-0.1, -0.05) is 36.4 Å². The summed E-state index contributed by atoms with van der Waals surface area (Å²) in [4.78, 5) is 12.5. The molecule has 168 valence electrons. The van der Waals surface area contributed by atoms with Crippen molar-refractivity contribution in [2.45, 2.75) is 6.18 Å². The van der Waals surface area contributed by atoms with Gasteiger partial charge in [-0.05, 0) is 42.5 Å². The van der Waals surface area contributed by atoms with E-state index in [0.29, 0.717) is 5.75 Å². The molecule has 0 aromatic heterocycles. The Balaban J connectivity index is 1.85. The van der Waals surface area contributed by atoms with E-state index in [-0.39, 0.29) is 17.1 Å². The molecular formula is C22H19F3N2O4S. The van der Waals surface area contributed by atoms with Gasteiger partial charge in [0.2, 0.25) is 15.9 Å². The number of hydrogen-bond donors (Lipinski definition) is 1. The van der Waals surface area contributed by atoms with Gasteiger partial charge in [0.1, 0.15) is 12.3 Å². The molecule has 0 atom stereocenters. The fourth-order valence-electron chi connectivity index (χ4n) is 2.85. The Labute approximate surface area is 183 Å². The summed E-state index contributed by atoms with van der Waals surface area (Å²) in [6, 6.07) is 19.0. The number of alkyl halides is 3. The highest BCUT2D eigenvalue weighted by atomic mass is 32.2. The Kier molecular flexibility index (Phi) is 6.73. The lowest BCUT2D eigenvalue weighted by molar-refractivity contribution is -0.137. The van der Waals surface area contributed by atoms with Crippen molar-refractivity contribution in [1.29, 1.82) is 0 Å². The molecule has 1 amide bonds. The zero-order valence-electron chi connectivity index (χ0n) is 16.8. The largest absolute Gasteiger partial charge is 0.455 e. The molecule has 0 aliphatic rings. The van der Waals surface area contributed by atoms with Crippen LogP contribution in [0.15, 0.2) is 78.9 Å². The van der Waals surface area contributed by atoms with Crippen LogP contribution in [0.2, 0.25) is 0 Å². The summed E-state index contributed by atoms with van der Waals surface area (Å²) in [7, 11) is -3.94. The van der Waals surface area contributed by atoms with Gasteiger partial charge in [-0.3, -0.25) is 9.10 Å². The lowest BCUT2D eigenvalue weighted by Gasteiger charge is -2.24. The highest BCUT2D eigenvalue weighted by Gasteiger charge is 2.30. The number of ether oxygens (including phenoxy) is 1. The highest BCUT2D eigenvalue weighted by molar-refractivity contribution is 7.92. The zero-order valence-corrected chi connectivity index (χ0v) is 17.7. The van der Waals surface area contributed by atoms with Gasteiger partial charge in [0.15, 0.2) is 5.75 Å². The van der Waals surface area contributed by atoms with Gasteiger partial charge in [-0.2, -0.15) is 13.2 Å². The molecule has 3 aromatic carbocycles. The van der Waals surface area contributed by atoms with Crippen LogP contribution in [-0.2, 0) is 21.0 Å². The molecule has 0 aliphatic heterocycles. The fraction of sp³-hybridized carbons (Fsp3) is 0.136. The second-order valence-corrected chi connectivity index (χ2v) is 8.69. The zero-order chi connectivity index (χ0) is 23.4. The molecule has 0 heterocycles. The number of carbonyl (C=O) groups is 1. The lowest BCUT2D eigenvalue weighted by atomic mass is 10.2. The first-order valence-electron chi connectivity index (χ1n) is 9.31. The van der Waals surface area contributed by atoms with Crippen LogP contribution < -0.4 is 14.4 Å². The van der Waals surface area contributed by atoms with Gasteiger partial charge in [0.05, 0.1) is 17.5 Å². The average molecular weight is 464 g/mol. The number of para-hydroxylation sites is 3. The number of nitrogens with one attached hydrogen (secondary N) is 1. The van der Waals surface area contributed by atoms with E-state index in [1.54, 1.807) is 48.5 Å². The van der Waals surface area contributed by atoms with Crippen LogP contribution in [0.25, 0.3) is 0 Å². The molecular weight excluding hydrogens is 445 g/mol. The molecule has 0 saturated heterocycles. The molecule has 0 aliphatic carbocycles. The number of halogens is 3. The van der Waals surface area contributed by atoms with Crippen molar-refractivity contribution in [3.63, 3.8) is 0 Å². The first-order valence-corrected chi connectivity index (χ1v) is 11.2. The standard InChI is InChI=1S/C22H19F3N2O4S/c1-32(29,30)27(15-21(28)26-17-9-7-8-16(14-17)22(23,24)25)19-12-5-6-13-20(19)31-18-10-3-2-4-11-18/h2-14H,15H2,1H3,(H,26,28). The van der Waals surface area contributed by atoms with Crippen LogP contribution in [-0.4, -0.2) is 27.1 Å². The molecule has 6 nitrogen and oxygen atoms in total. The smallest absolute Gasteiger partial charge is 0.416 e. The highest BCUT2D eigenvalue weighted by Crippen LogP contribution is 2.34. The second kappa shape index (κ2) is 9.31. The Morgan fingerprint density at radius 1 is 0.969 bits per heavy atom. The first kappa shape index (κ1) is 23.1. The van der Waals surface area contributed by atoms with Crippen molar-refractivity contribution in [2.24, 2.45) is 0 Å². The molecule has 1 N–H and O–H groups in total. The van der Waals surface area contributed by atoms with E-state index in [2.05, 4.69) is 5.32 Å². The summed E-state index contributed by atoms with van der Waals surface area (Å²) in [5.41, 5.74) is -0.929. The van der Waals surface area contributed by atoms with Gasteiger partial charge in [-0.25, -0.2) is 8.42 Å². The minimum absolute atomic E-state index is 0.105. The number of sulfonamides is 1. The fourth-order valence-corrected chi connectivity index (χ4v) is 3.71. The van der Waals surface area contributed by atoms with Crippen LogP contribution in [0.3, 0.4) is 0 Å². The third-order valence-corrected chi connectivity index (χ3v) is 5.39. The van der Waals surface area contributed by atoms with Crippen molar-refractivity contribution in [2.75, 3.05) is 22.4 Å². The lowest BCUT2D eigenvalue weighted by Crippen LogP contribution is -2.37. The summed E-state index contributed by atoms with van der Waals surface area (Å²) >= 11 is 0. The van der Waals surface area contributed by atoms with E-state index in [4.69, 9.17) is 4.74 Å². The molecule has 3 rings (SSSR count). The summed E-state index contributed by atoms with van der Waals surface area (Å²) in [6.07, 6.45) is -3.66. The Morgan fingerprint density at radius 3 is 2.28 bits per heavy atom. The van der Waals surface area contributed by atoms with Crippen molar-refractivity contribution < 1.29 is 31.1 Å². The number of benzene rings is 3. The van der Waals surface area contributed by atoms with Gasteiger partial charge < -0.3 is 10.1 Å². The molecule has 0 unspecified atom stereocenters. The van der Waals surface area contributed by atoms with E-state index >= 15 is 0 Å². The molecule has 32 heavy (non-hydrogen) atoms. The van der Waals surface area contributed by atoms with Gasteiger partial charge in [0.25, 0.3) is 0 Å². The third kappa shape index (κ3) is 6.01. The quantitative estimate of drug-likeness (QED) is 0.540. The van der Waals surface area contributed by atoms with Crippen LogP contribution in [0.5, 0.6) is 11.5 Å². The maximum absolute atomic E-state index is 12.9. The first-order chi connectivity index (χ1) is 15.0. The normalized spacial score (nSPS) is 11.6. The van der Waals surface area contributed by atoms with E-state index in [1.165, 1.54) is 12.1 Å². The number of nitrogens with zero attached hydrogens (tertiary/aromatic N) is 1. The molecule has 3 aromatic rings. The molecule has 0 saturated carbocycles. The van der Waals surface area contributed by atoms with Crippen LogP contribution in [0, 0.1) is 0 Å². The summed E-state index contributed by atoms with van der Waals surface area (Å²) in [5.74, 6) is -0.165. The predicted molar refractivity (Wildman–Crippen MR) is 115 cm³/mol. The topological polar surface area (TPSA) is 75.7 Å². The number of rotatable bonds is 7. The minimum Gasteiger partial charge on any atom is -0.455 e. The van der Waals surface area contributed by atoms with E-state index in [0.717, 1.165) is 28.8 Å². The number of amides is 1. The van der Waals surface area contributed by atoms with Crippen LogP contribution in [0.4, 0.5) is 24.5 Å². The van der Waals surface area contributed by atoms with Crippen molar-refractivity contribution >= 4 is 27.3 Å². The Hall–Kier alpha value is -3.53.